The molecule has 0 aromatic rings. The lowest BCUT2D eigenvalue weighted by atomic mass is 9.86. The van der Waals surface area contributed by atoms with E-state index in [0.717, 1.165) is 0 Å². The lowest BCUT2D eigenvalue weighted by molar-refractivity contribution is -0.142. The molecule has 0 aromatic carbocycles. The molecule has 0 spiro atoms. The van der Waals surface area contributed by atoms with Crippen molar-refractivity contribution in [3.63, 3.8) is 0 Å². The first-order chi connectivity index (χ1) is 6.75. The number of piperidine rings is 1. The number of nitrogens with zero attached hydrogens (tertiary/aromatic N) is 1. The van der Waals surface area contributed by atoms with Crippen LogP contribution >= 0.6 is 15.9 Å². The second kappa shape index (κ2) is 4.24. The van der Waals surface area contributed by atoms with Gasteiger partial charge in [0, 0.05) is 19.0 Å². The Bertz CT molecular complexity index is 283. The van der Waals surface area contributed by atoms with E-state index in [1.54, 1.807) is 4.90 Å². The molecule has 3 nitrogen and oxygen atoms in total. The molecule has 2 atom stereocenters. The van der Waals surface area contributed by atoms with Crippen molar-refractivity contribution < 1.29 is 9.59 Å². The van der Waals surface area contributed by atoms with E-state index in [-0.39, 0.29) is 23.1 Å². The Hall–Kier alpha value is -0.380. The molecule has 15 heavy (non-hydrogen) atoms. The van der Waals surface area contributed by atoms with Crippen LogP contribution in [0.3, 0.4) is 0 Å². The van der Waals surface area contributed by atoms with Gasteiger partial charge < -0.3 is 4.90 Å². The van der Waals surface area contributed by atoms with Gasteiger partial charge in [0.25, 0.3) is 0 Å². The van der Waals surface area contributed by atoms with Gasteiger partial charge in [-0.25, -0.2) is 0 Å². The van der Waals surface area contributed by atoms with Gasteiger partial charge in [-0.3, -0.25) is 9.59 Å². The van der Waals surface area contributed by atoms with Crippen LogP contribution in [0.5, 0.6) is 0 Å². The summed E-state index contributed by atoms with van der Waals surface area (Å²) in [7, 11) is 0. The van der Waals surface area contributed by atoms with E-state index in [1.807, 2.05) is 6.92 Å². The fraction of sp³-hybridized carbons (Fsp3) is 0.818. The normalized spacial score (nSPS) is 25.7. The highest BCUT2D eigenvalue weighted by Gasteiger charge is 2.38. The number of ketones is 1. The van der Waals surface area contributed by atoms with Crippen LogP contribution in [-0.4, -0.2) is 34.0 Å². The van der Waals surface area contributed by atoms with Crippen molar-refractivity contribution in [3.05, 3.63) is 0 Å². The third kappa shape index (κ3) is 2.60. The standard InChI is InChI=1S/C11H18BrNO2/c1-7(11(2,3)4)13-6-5-8(14)9(12)10(13)15/h7,9H,5-6H2,1-4H3. The highest BCUT2D eigenvalue weighted by atomic mass is 79.9. The number of hydrogen-bond acceptors (Lipinski definition) is 2. The molecule has 0 aliphatic carbocycles. The molecule has 86 valence electrons. The van der Waals surface area contributed by atoms with Crippen LogP contribution in [0.25, 0.3) is 0 Å². The first kappa shape index (κ1) is 12.7. The highest BCUT2D eigenvalue weighted by molar-refractivity contribution is 9.10. The van der Waals surface area contributed by atoms with E-state index < -0.39 is 4.83 Å². The molecule has 1 aliphatic heterocycles. The van der Waals surface area contributed by atoms with Crippen LogP contribution < -0.4 is 0 Å². The van der Waals surface area contributed by atoms with E-state index in [4.69, 9.17) is 0 Å². The van der Waals surface area contributed by atoms with Crippen LogP contribution in [0.15, 0.2) is 0 Å². The quantitative estimate of drug-likeness (QED) is 0.542. The lowest BCUT2D eigenvalue weighted by Gasteiger charge is -2.40. The minimum atomic E-state index is -0.629. The minimum absolute atomic E-state index is 0.00245. The van der Waals surface area contributed by atoms with Crippen LogP contribution in [0.2, 0.25) is 0 Å². The van der Waals surface area contributed by atoms with Gasteiger partial charge in [0.15, 0.2) is 10.6 Å². The van der Waals surface area contributed by atoms with Crippen LogP contribution in [0.4, 0.5) is 0 Å². The average molecular weight is 276 g/mol. The number of carbonyl (C=O) groups is 2. The first-order valence-corrected chi connectivity index (χ1v) is 6.14. The van der Waals surface area contributed by atoms with Crippen molar-refractivity contribution >= 4 is 27.6 Å². The average Bonchev–Trinajstić information content (AvgIpc) is 2.12. The van der Waals surface area contributed by atoms with Gasteiger partial charge in [0.05, 0.1) is 0 Å². The summed E-state index contributed by atoms with van der Waals surface area (Å²) < 4.78 is 0. The molecule has 0 N–H and O–H groups in total. The number of likely N-dealkylation sites (tertiary alicyclic amines) is 1. The first-order valence-electron chi connectivity index (χ1n) is 5.22. The fourth-order valence-electron chi connectivity index (χ4n) is 1.60. The number of alkyl halides is 1. The lowest BCUT2D eigenvalue weighted by Crippen LogP contribution is -2.54. The van der Waals surface area contributed by atoms with Gasteiger partial charge in [-0.15, -0.1) is 0 Å². The van der Waals surface area contributed by atoms with Crippen LogP contribution in [0.1, 0.15) is 34.1 Å². The second-order valence-corrected chi connectivity index (χ2v) is 6.07. The van der Waals surface area contributed by atoms with E-state index in [2.05, 4.69) is 36.7 Å². The van der Waals surface area contributed by atoms with Gasteiger partial charge in [-0.05, 0) is 12.3 Å². The zero-order valence-electron chi connectivity index (χ0n) is 9.71. The molecule has 1 saturated heterocycles. The number of rotatable bonds is 1. The molecule has 1 fully saturated rings. The zero-order chi connectivity index (χ0) is 11.8. The molecule has 1 heterocycles. The van der Waals surface area contributed by atoms with Crippen molar-refractivity contribution in [1.29, 1.82) is 0 Å². The Labute approximate surface area is 99.3 Å². The SMILES string of the molecule is CC(N1CCC(=O)C(Br)C1=O)C(C)(C)C. The van der Waals surface area contributed by atoms with Crippen molar-refractivity contribution in [3.8, 4) is 0 Å². The Morgan fingerprint density at radius 2 is 1.93 bits per heavy atom. The Kier molecular flexibility index (Phi) is 3.59. The fourth-order valence-corrected chi connectivity index (χ4v) is 2.09. The number of Topliss-reactive ketones (excluding diaryl/α,β-unsaturated/α-hetero) is 1. The summed E-state index contributed by atoms with van der Waals surface area (Å²) in [4.78, 5) is 24.4. The number of carbonyl (C=O) groups excluding carboxylic acids is 2. The zero-order valence-corrected chi connectivity index (χ0v) is 11.3. The molecule has 0 bridgehead atoms. The molecular weight excluding hydrogens is 258 g/mol. The summed E-state index contributed by atoms with van der Waals surface area (Å²) >= 11 is 3.15. The van der Waals surface area contributed by atoms with E-state index in [9.17, 15) is 9.59 Å². The Morgan fingerprint density at radius 1 is 1.40 bits per heavy atom. The Balaban J connectivity index is 2.81. The van der Waals surface area contributed by atoms with E-state index in [0.29, 0.717) is 13.0 Å². The molecular formula is C11H18BrNO2. The van der Waals surface area contributed by atoms with Crippen molar-refractivity contribution in [2.45, 2.75) is 45.0 Å². The third-order valence-corrected chi connectivity index (χ3v) is 4.00. The van der Waals surface area contributed by atoms with Gasteiger partial charge >= 0.3 is 0 Å². The summed E-state index contributed by atoms with van der Waals surface area (Å²) in [5.41, 5.74) is 0.0444. The summed E-state index contributed by atoms with van der Waals surface area (Å²) in [5, 5.41) is 0. The summed E-state index contributed by atoms with van der Waals surface area (Å²) in [6.45, 7) is 8.89. The number of hydrogen-bond donors (Lipinski definition) is 0. The topological polar surface area (TPSA) is 37.4 Å². The third-order valence-electron chi connectivity index (χ3n) is 3.10. The molecule has 0 radical (unpaired) electrons. The van der Waals surface area contributed by atoms with E-state index in [1.165, 1.54) is 0 Å². The number of halogens is 1. The van der Waals surface area contributed by atoms with Crippen molar-refractivity contribution in [2.24, 2.45) is 5.41 Å². The van der Waals surface area contributed by atoms with Crippen molar-refractivity contribution in [2.75, 3.05) is 6.54 Å². The predicted octanol–water partition coefficient (Wildman–Crippen LogP) is 1.99. The van der Waals surface area contributed by atoms with Crippen molar-refractivity contribution in [1.82, 2.24) is 4.90 Å². The van der Waals surface area contributed by atoms with E-state index >= 15 is 0 Å². The molecule has 1 amide bonds. The predicted molar refractivity (Wildman–Crippen MR) is 63.0 cm³/mol. The highest BCUT2D eigenvalue weighted by Crippen LogP contribution is 2.27. The minimum Gasteiger partial charge on any atom is -0.338 e. The summed E-state index contributed by atoms with van der Waals surface area (Å²) in [5.74, 6) is -0.0916. The van der Waals surface area contributed by atoms with Crippen LogP contribution in [0, 0.1) is 5.41 Å². The molecule has 4 heteroatoms. The van der Waals surface area contributed by atoms with Gasteiger partial charge in [0.2, 0.25) is 5.91 Å². The largest absolute Gasteiger partial charge is 0.338 e. The molecule has 0 aromatic heterocycles. The number of amides is 1. The molecule has 0 saturated carbocycles. The van der Waals surface area contributed by atoms with Gasteiger partial charge in [0.1, 0.15) is 0 Å². The van der Waals surface area contributed by atoms with Gasteiger partial charge in [-0.2, -0.15) is 0 Å². The smallest absolute Gasteiger partial charge is 0.244 e. The molecule has 2 unspecified atom stereocenters. The summed E-state index contributed by atoms with van der Waals surface area (Å²) in [6, 6.07) is 0.151. The molecule has 1 aliphatic rings. The maximum Gasteiger partial charge on any atom is 0.244 e. The monoisotopic (exact) mass is 275 g/mol. The Morgan fingerprint density at radius 3 is 2.40 bits per heavy atom. The van der Waals surface area contributed by atoms with Crippen LogP contribution in [-0.2, 0) is 9.59 Å². The second-order valence-electron chi connectivity index (χ2n) is 5.15. The van der Waals surface area contributed by atoms with Gasteiger partial charge in [-0.1, -0.05) is 36.7 Å². The summed E-state index contributed by atoms with van der Waals surface area (Å²) in [6.07, 6.45) is 0.460. The maximum absolute atomic E-state index is 11.9. The molecule has 1 rings (SSSR count). The maximum atomic E-state index is 11.9.